The summed E-state index contributed by atoms with van der Waals surface area (Å²) >= 11 is 0. The summed E-state index contributed by atoms with van der Waals surface area (Å²) in [6, 6.07) is 4.38. The fourth-order valence-electron chi connectivity index (χ4n) is 2.73. The van der Waals surface area contributed by atoms with Gasteiger partial charge >= 0.3 is 5.97 Å². The first kappa shape index (κ1) is 15.3. The second kappa shape index (κ2) is 6.11. The second-order valence-electron chi connectivity index (χ2n) is 5.69. The topological polar surface area (TPSA) is 72.7 Å². The van der Waals surface area contributed by atoms with E-state index in [1.165, 1.54) is 19.2 Å². The molecule has 1 atom stereocenters. The van der Waals surface area contributed by atoms with E-state index in [4.69, 9.17) is 0 Å². The molecular weight excluding hydrogens is 272 g/mol. The molecule has 6 nitrogen and oxygen atoms in total. The van der Waals surface area contributed by atoms with Gasteiger partial charge in [-0.25, -0.2) is 4.79 Å². The van der Waals surface area contributed by atoms with Crippen LogP contribution in [0.3, 0.4) is 0 Å². The van der Waals surface area contributed by atoms with Crippen molar-refractivity contribution in [2.24, 2.45) is 11.8 Å². The number of methoxy groups -OCH3 is 1. The zero-order valence-corrected chi connectivity index (χ0v) is 12.5. The van der Waals surface area contributed by atoms with Gasteiger partial charge in [-0.2, -0.15) is 0 Å². The molecule has 1 aromatic carbocycles. The highest BCUT2D eigenvalue weighted by molar-refractivity contribution is 5.91. The minimum absolute atomic E-state index is 0.0343. The van der Waals surface area contributed by atoms with E-state index in [1.807, 2.05) is 4.90 Å². The van der Waals surface area contributed by atoms with Crippen molar-refractivity contribution in [1.29, 1.82) is 0 Å². The number of benzene rings is 1. The number of ether oxygens (including phenoxy) is 1. The summed E-state index contributed by atoms with van der Waals surface area (Å²) in [5.74, 6) is 0.579. The van der Waals surface area contributed by atoms with Gasteiger partial charge in [-0.3, -0.25) is 10.1 Å². The predicted molar refractivity (Wildman–Crippen MR) is 79.6 cm³/mol. The number of nitro benzene ring substituents is 1. The van der Waals surface area contributed by atoms with E-state index in [2.05, 4.69) is 18.6 Å². The minimum atomic E-state index is -0.481. The quantitative estimate of drug-likeness (QED) is 0.484. The van der Waals surface area contributed by atoms with Crippen LogP contribution in [0.25, 0.3) is 0 Å². The molecule has 0 amide bonds. The average molecular weight is 292 g/mol. The fourth-order valence-corrected chi connectivity index (χ4v) is 2.73. The summed E-state index contributed by atoms with van der Waals surface area (Å²) in [6.45, 7) is 5.87. The van der Waals surface area contributed by atoms with Gasteiger partial charge in [0.2, 0.25) is 0 Å². The maximum absolute atomic E-state index is 11.6. The van der Waals surface area contributed by atoms with Gasteiger partial charge in [0.25, 0.3) is 5.69 Å². The van der Waals surface area contributed by atoms with Gasteiger partial charge in [0.05, 0.1) is 17.6 Å². The van der Waals surface area contributed by atoms with Crippen LogP contribution in [-0.2, 0) is 4.74 Å². The van der Waals surface area contributed by atoms with Gasteiger partial charge in [-0.05, 0) is 30.4 Å². The van der Waals surface area contributed by atoms with Gasteiger partial charge in [0.1, 0.15) is 5.69 Å². The van der Waals surface area contributed by atoms with Gasteiger partial charge in [0.15, 0.2) is 0 Å². The van der Waals surface area contributed by atoms with Gasteiger partial charge in [0, 0.05) is 19.2 Å². The summed E-state index contributed by atoms with van der Waals surface area (Å²) in [4.78, 5) is 24.4. The molecule has 1 fully saturated rings. The lowest BCUT2D eigenvalue weighted by Gasteiger charge is -2.20. The average Bonchev–Trinajstić information content (AvgIpc) is 2.95. The van der Waals surface area contributed by atoms with E-state index in [0.717, 1.165) is 19.5 Å². The summed E-state index contributed by atoms with van der Waals surface area (Å²) in [5.41, 5.74) is 0.879. The molecule has 1 unspecified atom stereocenters. The number of nitrogens with zero attached hydrogens (tertiary/aromatic N) is 2. The first-order chi connectivity index (χ1) is 9.93. The molecule has 114 valence electrons. The molecule has 6 heteroatoms. The van der Waals surface area contributed by atoms with Crippen molar-refractivity contribution in [3.05, 3.63) is 33.9 Å². The molecule has 21 heavy (non-hydrogen) atoms. The van der Waals surface area contributed by atoms with E-state index >= 15 is 0 Å². The van der Waals surface area contributed by atoms with E-state index in [9.17, 15) is 14.9 Å². The molecule has 0 aromatic heterocycles. The normalized spacial score (nSPS) is 18.1. The first-order valence-corrected chi connectivity index (χ1v) is 7.05. The molecule has 1 heterocycles. The third-order valence-electron chi connectivity index (χ3n) is 4.10. The van der Waals surface area contributed by atoms with Crippen LogP contribution in [0.15, 0.2) is 18.2 Å². The molecule has 1 aromatic rings. The third-order valence-corrected chi connectivity index (χ3v) is 4.10. The Hall–Kier alpha value is -2.11. The second-order valence-corrected chi connectivity index (χ2v) is 5.69. The number of rotatable bonds is 4. The number of carbonyl (C=O) groups excluding carboxylic acids is 1. The van der Waals surface area contributed by atoms with Crippen LogP contribution in [0.5, 0.6) is 0 Å². The molecule has 0 saturated carbocycles. The lowest BCUT2D eigenvalue weighted by molar-refractivity contribution is -0.384. The fraction of sp³-hybridized carbons (Fsp3) is 0.533. The third kappa shape index (κ3) is 3.15. The Morgan fingerprint density at radius 3 is 2.71 bits per heavy atom. The Labute approximate surface area is 123 Å². The highest BCUT2D eigenvalue weighted by atomic mass is 16.6. The van der Waals surface area contributed by atoms with Crippen LogP contribution in [0.4, 0.5) is 11.4 Å². The van der Waals surface area contributed by atoms with Crippen LogP contribution in [-0.4, -0.2) is 31.1 Å². The van der Waals surface area contributed by atoms with Crippen LogP contribution < -0.4 is 4.90 Å². The molecular formula is C15H20N2O4. The predicted octanol–water partition coefficient (Wildman–Crippen LogP) is 2.86. The zero-order valence-electron chi connectivity index (χ0n) is 12.5. The molecule has 0 bridgehead atoms. The summed E-state index contributed by atoms with van der Waals surface area (Å²) < 4.78 is 4.69. The number of hydrogen-bond donors (Lipinski definition) is 0. The Balaban J connectivity index is 2.36. The minimum Gasteiger partial charge on any atom is -0.465 e. The van der Waals surface area contributed by atoms with E-state index in [0.29, 0.717) is 23.1 Å². The van der Waals surface area contributed by atoms with Gasteiger partial charge in [-0.15, -0.1) is 0 Å². The molecule has 0 radical (unpaired) electrons. The standard InChI is InChI=1S/C15H20N2O4/c1-10(2)12-6-7-16(9-12)14-8-11(15(18)21-3)4-5-13(14)17(19)20/h4-5,8,10,12H,6-7,9H2,1-3H3. The zero-order chi connectivity index (χ0) is 15.6. The Morgan fingerprint density at radius 1 is 1.48 bits per heavy atom. The number of anilines is 1. The lowest BCUT2D eigenvalue weighted by Crippen LogP contribution is -2.22. The molecule has 1 aliphatic heterocycles. The highest BCUT2D eigenvalue weighted by Gasteiger charge is 2.29. The van der Waals surface area contributed by atoms with Crippen molar-refractivity contribution < 1.29 is 14.5 Å². The van der Waals surface area contributed by atoms with Crippen molar-refractivity contribution in [2.45, 2.75) is 20.3 Å². The van der Waals surface area contributed by atoms with E-state index in [-0.39, 0.29) is 5.69 Å². The first-order valence-electron chi connectivity index (χ1n) is 7.05. The monoisotopic (exact) mass is 292 g/mol. The molecule has 0 N–H and O–H groups in total. The largest absolute Gasteiger partial charge is 0.465 e. The summed E-state index contributed by atoms with van der Waals surface area (Å²) in [6.07, 6.45) is 1.01. The summed E-state index contributed by atoms with van der Waals surface area (Å²) in [5, 5.41) is 11.2. The molecule has 1 saturated heterocycles. The maximum Gasteiger partial charge on any atom is 0.337 e. The Morgan fingerprint density at radius 2 is 2.19 bits per heavy atom. The van der Waals surface area contributed by atoms with Crippen LogP contribution in [0, 0.1) is 22.0 Å². The van der Waals surface area contributed by atoms with Crippen LogP contribution in [0.1, 0.15) is 30.6 Å². The molecule has 1 aliphatic rings. The van der Waals surface area contributed by atoms with Crippen LogP contribution in [0.2, 0.25) is 0 Å². The van der Waals surface area contributed by atoms with Crippen molar-refractivity contribution >= 4 is 17.3 Å². The number of esters is 1. The van der Waals surface area contributed by atoms with Crippen LogP contribution >= 0.6 is 0 Å². The van der Waals surface area contributed by atoms with E-state index < -0.39 is 10.9 Å². The van der Waals surface area contributed by atoms with Crippen molar-refractivity contribution in [3.63, 3.8) is 0 Å². The SMILES string of the molecule is COC(=O)c1ccc([N+](=O)[O-])c(N2CCC(C(C)C)C2)c1. The number of nitro groups is 1. The Kier molecular flexibility index (Phi) is 4.45. The maximum atomic E-state index is 11.6. The van der Waals surface area contributed by atoms with Crippen molar-refractivity contribution in [2.75, 3.05) is 25.1 Å². The highest BCUT2D eigenvalue weighted by Crippen LogP contribution is 2.35. The number of carbonyl (C=O) groups is 1. The van der Waals surface area contributed by atoms with Gasteiger partial charge in [-0.1, -0.05) is 13.8 Å². The molecule has 0 aliphatic carbocycles. The Bertz CT molecular complexity index is 557. The van der Waals surface area contributed by atoms with Crippen molar-refractivity contribution in [1.82, 2.24) is 0 Å². The summed E-state index contributed by atoms with van der Waals surface area (Å²) in [7, 11) is 1.30. The molecule has 2 rings (SSSR count). The van der Waals surface area contributed by atoms with Crippen molar-refractivity contribution in [3.8, 4) is 0 Å². The van der Waals surface area contributed by atoms with E-state index in [1.54, 1.807) is 6.07 Å². The lowest BCUT2D eigenvalue weighted by atomic mass is 9.95. The number of hydrogen-bond acceptors (Lipinski definition) is 5. The molecule has 0 spiro atoms. The smallest absolute Gasteiger partial charge is 0.337 e. The van der Waals surface area contributed by atoms with Gasteiger partial charge < -0.3 is 9.64 Å².